The third kappa shape index (κ3) is 4.40. The summed E-state index contributed by atoms with van der Waals surface area (Å²) in [4.78, 5) is 2.28. The van der Waals surface area contributed by atoms with Gasteiger partial charge in [0.05, 0.1) is 13.7 Å². The van der Waals surface area contributed by atoms with Crippen LogP contribution in [-0.2, 0) is 6.54 Å². The van der Waals surface area contributed by atoms with Gasteiger partial charge in [0.15, 0.2) is 0 Å². The zero-order valence-corrected chi connectivity index (χ0v) is 11.4. The van der Waals surface area contributed by atoms with Gasteiger partial charge in [-0.15, -0.1) is 6.42 Å². The Morgan fingerprint density at radius 1 is 1.44 bits per heavy atom. The third-order valence-corrected chi connectivity index (χ3v) is 3.03. The van der Waals surface area contributed by atoms with Crippen LogP contribution in [0.1, 0.15) is 12.5 Å². The highest BCUT2D eigenvalue weighted by atomic mass is 16.5. The van der Waals surface area contributed by atoms with E-state index in [4.69, 9.17) is 11.2 Å². The van der Waals surface area contributed by atoms with Crippen LogP contribution in [0.2, 0.25) is 0 Å². The molecule has 18 heavy (non-hydrogen) atoms. The van der Waals surface area contributed by atoms with Crippen LogP contribution in [0.4, 0.5) is 0 Å². The van der Waals surface area contributed by atoms with Gasteiger partial charge in [-0.25, -0.2) is 0 Å². The smallest absolute Gasteiger partial charge is 0.123 e. The molecule has 1 atom stereocenters. The number of nitrogens with one attached hydrogen (secondary N) is 1. The van der Waals surface area contributed by atoms with Crippen molar-refractivity contribution in [1.29, 1.82) is 0 Å². The Labute approximate surface area is 110 Å². The highest BCUT2D eigenvalue weighted by molar-refractivity contribution is 5.33. The molecule has 1 unspecified atom stereocenters. The highest BCUT2D eigenvalue weighted by Crippen LogP contribution is 2.19. The summed E-state index contributed by atoms with van der Waals surface area (Å²) in [6.45, 7) is 4.55. The molecule has 0 radical (unpaired) electrons. The monoisotopic (exact) mass is 246 g/mol. The van der Waals surface area contributed by atoms with E-state index in [9.17, 15) is 0 Å². The van der Waals surface area contributed by atoms with E-state index in [0.717, 1.165) is 18.8 Å². The van der Waals surface area contributed by atoms with E-state index in [2.05, 4.69) is 36.2 Å². The lowest BCUT2D eigenvalue weighted by Crippen LogP contribution is -2.37. The van der Waals surface area contributed by atoms with E-state index in [-0.39, 0.29) is 0 Å². The summed E-state index contributed by atoms with van der Waals surface area (Å²) in [7, 11) is 3.81. The molecule has 0 aliphatic carbocycles. The van der Waals surface area contributed by atoms with Crippen LogP contribution < -0.4 is 10.1 Å². The SMILES string of the molecule is C#CCNCC(C)N(C)Cc1ccccc1OC. The molecule has 3 nitrogen and oxygen atoms in total. The molecule has 0 aromatic heterocycles. The summed E-state index contributed by atoms with van der Waals surface area (Å²) in [5.41, 5.74) is 1.20. The third-order valence-electron chi connectivity index (χ3n) is 3.03. The molecule has 0 aliphatic heterocycles. The molecule has 0 saturated carbocycles. The fraction of sp³-hybridized carbons (Fsp3) is 0.467. The van der Waals surface area contributed by atoms with Gasteiger partial charge in [-0.1, -0.05) is 24.1 Å². The average molecular weight is 246 g/mol. The van der Waals surface area contributed by atoms with Crippen molar-refractivity contribution < 1.29 is 4.74 Å². The number of hydrogen-bond acceptors (Lipinski definition) is 3. The molecular weight excluding hydrogens is 224 g/mol. The van der Waals surface area contributed by atoms with Crippen molar-refractivity contribution in [3.05, 3.63) is 29.8 Å². The molecule has 1 aromatic rings. The predicted octanol–water partition coefficient (Wildman–Crippen LogP) is 1.74. The quantitative estimate of drug-likeness (QED) is 0.586. The molecule has 0 bridgehead atoms. The Morgan fingerprint density at radius 2 is 2.17 bits per heavy atom. The first-order valence-electron chi connectivity index (χ1n) is 6.15. The topological polar surface area (TPSA) is 24.5 Å². The Bertz CT molecular complexity index is 398. The van der Waals surface area contributed by atoms with E-state index in [1.54, 1.807) is 7.11 Å². The first-order valence-corrected chi connectivity index (χ1v) is 6.15. The maximum Gasteiger partial charge on any atom is 0.123 e. The standard InChI is InChI=1S/C15H22N2O/c1-5-10-16-11-13(2)17(3)12-14-8-6-7-9-15(14)18-4/h1,6-9,13,16H,10-12H2,2-4H3. The number of benzene rings is 1. The Hall–Kier alpha value is -1.50. The summed E-state index contributed by atoms with van der Waals surface area (Å²) < 4.78 is 5.36. The van der Waals surface area contributed by atoms with Gasteiger partial charge in [-0.3, -0.25) is 4.90 Å². The number of para-hydroxylation sites is 1. The van der Waals surface area contributed by atoms with Crippen molar-refractivity contribution in [2.45, 2.75) is 19.5 Å². The number of rotatable bonds is 7. The van der Waals surface area contributed by atoms with Crippen LogP contribution >= 0.6 is 0 Å². The van der Waals surface area contributed by atoms with Crippen molar-refractivity contribution in [1.82, 2.24) is 10.2 Å². The number of terminal acetylenes is 1. The number of hydrogen-bond donors (Lipinski definition) is 1. The molecule has 0 heterocycles. The first kappa shape index (κ1) is 14.6. The van der Waals surface area contributed by atoms with Crippen LogP contribution in [0, 0.1) is 12.3 Å². The van der Waals surface area contributed by atoms with Gasteiger partial charge in [0.2, 0.25) is 0 Å². The second-order valence-electron chi connectivity index (χ2n) is 4.41. The molecule has 0 saturated heterocycles. The Balaban J connectivity index is 2.53. The van der Waals surface area contributed by atoms with E-state index < -0.39 is 0 Å². The molecule has 1 aromatic carbocycles. The van der Waals surface area contributed by atoms with Crippen LogP contribution in [0.3, 0.4) is 0 Å². The fourth-order valence-electron chi connectivity index (χ4n) is 1.77. The van der Waals surface area contributed by atoms with E-state index in [1.807, 2.05) is 18.2 Å². The fourth-order valence-corrected chi connectivity index (χ4v) is 1.77. The lowest BCUT2D eigenvalue weighted by molar-refractivity contribution is 0.241. The largest absolute Gasteiger partial charge is 0.496 e. The summed E-state index contributed by atoms with van der Waals surface area (Å²) in [6.07, 6.45) is 5.21. The second kappa shape index (κ2) is 7.75. The van der Waals surface area contributed by atoms with Crippen molar-refractivity contribution in [2.24, 2.45) is 0 Å². The molecule has 0 aliphatic rings. The van der Waals surface area contributed by atoms with Gasteiger partial charge in [0.25, 0.3) is 0 Å². The van der Waals surface area contributed by atoms with Crippen LogP contribution in [0.25, 0.3) is 0 Å². The van der Waals surface area contributed by atoms with Crippen molar-refractivity contribution in [2.75, 3.05) is 27.2 Å². The zero-order chi connectivity index (χ0) is 13.4. The number of nitrogens with zero attached hydrogens (tertiary/aromatic N) is 1. The molecule has 0 amide bonds. The molecule has 98 valence electrons. The van der Waals surface area contributed by atoms with Crippen LogP contribution in [-0.4, -0.2) is 38.2 Å². The first-order chi connectivity index (χ1) is 8.69. The number of methoxy groups -OCH3 is 1. The predicted molar refractivity (Wildman–Crippen MR) is 75.6 cm³/mol. The van der Waals surface area contributed by atoms with Gasteiger partial charge in [-0.05, 0) is 20.0 Å². The zero-order valence-electron chi connectivity index (χ0n) is 11.4. The van der Waals surface area contributed by atoms with Gasteiger partial charge < -0.3 is 10.1 Å². The van der Waals surface area contributed by atoms with Crippen LogP contribution in [0.5, 0.6) is 5.75 Å². The van der Waals surface area contributed by atoms with Gasteiger partial charge >= 0.3 is 0 Å². The summed E-state index contributed by atoms with van der Waals surface area (Å²) >= 11 is 0. The summed E-state index contributed by atoms with van der Waals surface area (Å²) in [6, 6.07) is 8.53. The van der Waals surface area contributed by atoms with Crippen molar-refractivity contribution in [3.8, 4) is 18.1 Å². The van der Waals surface area contributed by atoms with E-state index >= 15 is 0 Å². The minimum atomic E-state index is 0.420. The molecule has 3 heteroatoms. The van der Waals surface area contributed by atoms with Gasteiger partial charge in [0.1, 0.15) is 5.75 Å². The minimum absolute atomic E-state index is 0.420. The van der Waals surface area contributed by atoms with Gasteiger partial charge in [0, 0.05) is 24.7 Å². The highest BCUT2D eigenvalue weighted by Gasteiger charge is 2.11. The van der Waals surface area contributed by atoms with E-state index in [1.165, 1.54) is 5.56 Å². The average Bonchev–Trinajstić information content (AvgIpc) is 2.39. The maximum absolute atomic E-state index is 5.36. The summed E-state index contributed by atoms with van der Waals surface area (Å²) in [5, 5.41) is 3.22. The van der Waals surface area contributed by atoms with E-state index in [0.29, 0.717) is 12.6 Å². The Kier molecular flexibility index (Phi) is 6.27. The molecule has 0 spiro atoms. The summed E-state index contributed by atoms with van der Waals surface area (Å²) in [5.74, 6) is 3.52. The normalized spacial score (nSPS) is 12.2. The van der Waals surface area contributed by atoms with Gasteiger partial charge in [-0.2, -0.15) is 0 Å². The minimum Gasteiger partial charge on any atom is -0.496 e. The molecule has 0 fully saturated rings. The number of ether oxygens (including phenoxy) is 1. The molecule has 1 N–H and O–H groups in total. The number of likely N-dealkylation sites (N-methyl/N-ethyl adjacent to an activating group) is 1. The lowest BCUT2D eigenvalue weighted by Gasteiger charge is -2.25. The van der Waals surface area contributed by atoms with Crippen molar-refractivity contribution in [3.63, 3.8) is 0 Å². The molecular formula is C15H22N2O. The lowest BCUT2D eigenvalue weighted by atomic mass is 10.1. The Morgan fingerprint density at radius 3 is 2.83 bits per heavy atom. The molecule has 1 rings (SSSR count). The maximum atomic E-state index is 5.36. The van der Waals surface area contributed by atoms with Crippen molar-refractivity contribution >= 4 is 0 Å². The second-order valence-corrected chi connectivity index (χ2v) is 4.41. The van der Waals surface area contributed by atoms with Crippen LogP contribution in [0.15, 0.2) is 24.3 Å².